The van der Waals surface area contributed by atoms with E-state index in [4.69, 9.17) is 9.26 Å². The van der Waals surface area contributed by atoms with E-state index in [9.17, 15) is 9.59 Å². The van der Waals surface area contributed by atoms with E-state index in [1.54, 1.807) is 13.8 Å². The van der Waals surface area contributed by atoms with Gasteiger partial charge in [-0.3, -0.25) is 4.79 Å². The third kappa shape index (κ3) is 4.58. The van der Waals surface area contributed by atoms with Crippen molar-refractivity contribution in [2.45, 2.75) is 84.3 Å². The standard InChI is InChI=1S/C18H28N2O4/c1-11(2)16-15(12(3)20-24-16)18(22)23-13(4)17(21)19-14-9-7-5-6-8-10-14/h11,13-14H,5-10H2,1-4H3,(H,19,21)/t13-/m1/s1. The third-order valence-corrected chi connectivity index (χ3v) is 4.47. The first-order chi connectivity index (χ1) is 11.4. The maximum absolute atomic E-state index is 12.4. The van der Waals surface area contributed by atoms with Crippen LogP contribution in [0.2, 0.25) is 0 Å². The van der Waals surface area contributed by atoms with Gasteiger partial charge in [0, 0.05) is 12.0 Å². The predicted octanol–water partition coefficient (Wildman–Crippen LogP) is 3.49. The van der Waals surface area contributed by atoms with Crippen LogP contribution < -0.4 is 5.32 Å². The number of esters is 1. The fraction of sp³-hybridized carbons (Fsp3) is 0.722. The molecule has 0 radical (unpaired) electrons. The zero-order valence-corrected chi connectivity index (χ0v) is 15.1. The Balaban J connectivity index is 1.95. The second-order valence-electron chi connectivity index (χ2n) is 6.91. The molecule has 2 rings (SSSR count). The second kappa shape index (κ2) is 8.31. The van der Waals surface area contributed by atoms with Gasteiger partial charge in [-0.2, -0.15) is 0 Å². The first kappa shape index (κ1) is 18.5. The molecular formula is C18H28N2O4. The van der Waals surface area contributed by atoms with E-state index >= 15 is 0 Å². The van der Waals surface area contributed by atoms with Crippen molar-refractivity contribution in [1.82, 2.24) is 10.5 Å². The minimum absolute atomic E-state index is 0.0175. The van der Waals surface area contributed by atoms with Gasteiger partial charge in [0.25, 0.3) is 5.91 Å². The Morgan fingerprint density at radius 1 is 1.17 bits per heavy atom. The highest BCUT2D eigenvalue weighted by Crippen LogP contribution is 2.23. The van der Waals surface area contributed by atoms with Crippen molar-refractivity contribution in [2.24, 2.45) is 0 Å². The molecule has 134 valence electrons. The lowest BCUT2D eigenvalue weighted by Gasteiger charge is -2.19. The molecule has 0 aliphatic heterocycles. The molecule has 1 heterocycles. The third-order valence-electron chi connectivity index (χ3n) is 4.47. The highest BCUT2D eigenvalue weighted by atomic mass is 16.5. The van der Waals surface area contributed by atoms with Crippen molar-refractivity contribution in [3.8, 4) is 0 Å². The molecule has 1 fully saturated rings. The molecule has 0 unspecified atom stereocenters. The molecule has 0 bridgehead atoms. The van der Waals surface area contributed by atoms with E-state index in [0.717, 1.165) is 25.7 Å². The number of hydrogen-bond acceptors (Lipinski definition) is 5. The molecule has 1 aromatic rings. The average Bonchev–Trinajstić information content (AvgIpc) is 2.74. The molecule has 6 heteroatoms. The van der Waals surface area contributed by atoms with E-state index in [1.807, 2.05) is 13.8 Å². The number of rotatable bonds is 5. The van der Waals surface area contributed by atoms with Gasteiger partial charge in [0.15, 0.2) is 11.9 Å². The molecule has 6 nitrogen and oxygen atoms in total. The van der Waals surface area contributed by atoms with Crippen LogP contribution in [0.1, 0.15) is 87.0 Å². The van der Waals surface area contributed by atoms with Crippen molar-refractivity contribution in [3.63, 3.8) is 0 Å². The van der Waals surface area contributed by atoms with E-state index in [0.29, 0.717) is 17.0 Å². The van der Waals surface area contributed by atoms with Crippen LogP contribution in [0.15, 0.2) is 4.52 Å². The number of hydrogen-bond donors (Lipinski definition) is 1. The van der Waals surface area contributed by atoms with Crippen LogP contribution >= 0.6 is 0 Å². The zero-order valence-electron chi connectivity index (χ0n) is 15.1. The predicted molar refractivity (Wildman–Crippen MR) is 89.8 cm³/mol. The lowest BCUT2D eigenvalue weighted by Crippen LogP contribution is -2.42. The molecule has 1 atom stereocenters. The van der Waals surface area contributed by atoms with Crippen molar-refractivity contribution >= 4 is 11.9 Å². The number of nitrogens with zero attached hydrogens (tertiary/aromatic N) is 1. The normalized spacial score (nSPS) is 17.4. The monoisotopic (exact) mass is 336 g/mol. The Hall–Kier alpha value is -1.85. The van der Waals surface area contributed by atoms with E-state index < -0.39 is 12.1 Å². The first-order valence-corrected chi connectivity index (χ1v) is 8.87. The summed E-state index contributed by atoms with van der Waals surface area (Å²) >= 11 is 0. The fourth-order valence-electron chi connectivity index (χ4n) is 3.04. The summed E-state index contributed by atoms with van der Waals surface area (Å²) in [4.78, 5) is 24.7. The van der Waals surface area contributed by atoms with Crippen molar-refractivity contribution in [1.29, 1.82) is 0 Å². The van der Waals surface area contributed by atoms with E-state index in [2.05, 4.69) is 10.5 Å². The number of carbonyl (C=O) groups excluding carboxylic acids is 2. The van der Waals surface area contributed by atoms with Crippen LogP contribution in [0, 0.1) is 6.92 Å². The fourth-order valence-corrected chi connectivity index (χ4v) is 3.04. The summed E-state index contributed by atoms with van der Waals surface area (Å²) in [7, 11) is 0. The molecule has 24 heavy (non-hydrogen) atoms. The largest absolute Gasteiger partial charge is 0.449 e. The zero-order chi connectivity index (χ0) is 17.7. The summed E-state index contributed by atoms with van der Waals surface area (Å²) in [6.07, 6.45) is 5.87. The van der Waals surface area contributed by atoms with Crippen molar-refractivity contribution < 1.29 is 18.8 Å². The highest BCUT2D eigenvalue weighted by molar-refractivity contribution is 5.94. The molecule has 1 aliphatic carbocycles. The van der Waals surface area contributed by atoms with Crippen LogP contribution in [0.4, 0.5) is 0 Å². The summed E-state index contributed by atoms with van der Waals surface area (Å²) in [6.45, 7) is 7.13. The summed E-state index contributed by atoms with van der Waals surface area (Å²) in [5, 5.41) is 6.84. The Bertz CT molecular complexity index is 572. The summed E-state index contributed by atoms with van der Waals surface area (Å²) < 4.78 is 10.6. The summed E-state index contributed by atoms with van der Waals surface area (Å²) in [5.41, 5.74) is 0.819. The molecule has 1 saturated carbocycles. The van der Waals surface area contributed by atoms with Gasteiger partial charge in [-0.1, -0.05) is 44.7 Å². The first-order valence-electron chi connectivity index (χ1n) is 8.87. The van der Waals surface area contributed by atoms with E-state index in [-0.39, 0.29) is 17.9 Å². The summed E-state index contributed by atoms with van der Waals surface area (Å²) in [6, 6.07) is 0.185. The van der Waals surface area contributed by atoms with E-state index in [1.165, 1.54) is 12.8 Å². The minimum Gasteiger partial charge on any atom is -0.449 e. The maximum atomic E-state index is 12.4. The number of nitrogens with one attached hydrogen (secondary N) is 1. The van der Waals surface area contributed by atoms with Crippen LogP contribution in [0.5, 0.6) is 0 Å². The van der Waals surface area contributed by atoms with Crippen LogP contribution in [0.25, 0.3) is 0 Å². The van der Waals surface area contributed by atoms with Crippen LogP contribution in [0.3, 0.4) is 0 Å². The van der Waals surface area contributed by atoms with Crippen LogP contribution in [-0.4, -0.2) is 29.2 Å². The van der Waals surface area contributed by atoms with Crippen LogP contribution in [-0.2, 0) is 9.53 Å². The molecule has 1 amide bonds. The molecule has 1 aromatic heterocycles. The van der Waals surface area contributed by atoms with Gasteiger partial charge >= 0.3 is 5.97 Å². The minimum atomic E-state index is -0.838. The average molecular weight is 336 g/mol. The number of carbonyl (C=O) groups is 2. The Morgan fingerprint density at radius 3 is 2.38 bits per heavy atom. The molecule has 1 N–H and O–H groups in total. The molecule has 0 spiro atoms. The Morgan fingerprint density at radius 2 is 1.79 bits per heavy atom. The molecular weight excluding hydrogens is 308 g/mol. The number of amides is 1. The topological polar surface area (TPSA) is 81.4 Å². The van der Waals surface area contributed by atoms with Gasteiger partial charge in [0.05, 0.1) is 5.69 Å². The maximum Gasteiger partial charge on any atom is 0.344 e. The Kier molecular flexibility index (Phi) is 6.40. The Labute approximate surface area is 143 Å². The number of aryl methyl sites for hydroxylation is 1. The quantitative estimate of drug-likeness (QED) is 0.657. The summed E-state index contributed by atoms with van der Waals surface area (Å²) in [5.74, 6) is -0.283. The lowest BCUT2D eigenvalue weighted by atomic mass is 10.1. The lowest BCUT2D eigenvalue weighted by molar-refractivity contribution is -0.129. The van der Waals surface area contributed by atoms with Gasteiger partial charge in [-0.25, -0.2) is 4.79 Å². The van der Waals surface area contributed by atoms with Gasteiger partial charge in [-0.15, -0.1) is 0 Å². The van der Waals surface area contributed by atoms with Crippen molar-refractivity contribution in [3.05, 3.63) is 17.0 Å². The SMILES string of the molecule is Cc1noc(C(C)C)c1C(=O)O[C@H](C)C(=O)NC1CCCCCC1. The van der Waals surface area contributed by atoms with Gasteiger partial charge in [-0.05, 0) is 26.7 Å². The van der Waals surface area contributed by atoms with Gasteiger partial charge in [0.2, 0.25) is 0 Å². The second-order valence-corrected chi connectivity index (χ2v) is 6.91. The smallest absolute Gasteiger partial charge is 0.344 e. The number of ether oxygens (including phenoxy) is 1. The molecule has 0 aromatic carbocycles. The van der Waals surface area contributed by atoms with Gasteiger partial charge < -0.3 is 14.6 Å². The van der Waals surface area contributed by atoms with Crippen molar-refractivity contribution in [2.75, 3.05) is 0 Å². The molecule has 1 aliphatic rings. The number of aromatic nitrogens is 1. The van der Waals surface area contributed by atoms with Gasteiger partial charge in [0.1, 0.15) is 5.56 Å². The molecule has 0 saturated heterocycles. The highest BCUT2D eigenvalue weighted by Gasteiger charge is 2.28.